The van der Waals surface area contributed by atoms with E-state index in [2.05, 4.69) is 57.4 Å². The number of hydrogen-bond acceptors (Lipinski definition) is 6. The Kier molecular flexibility index (Phi) is 8.39. The Hall–Kier alpha value is -4.60. The summed E-state index contributed by atoms with van der Waals surface area (Å²) in [6.07, 6.45) is 8.95. The molecule has 0 bridgehead atoms. The van der Waals surface area contributed by atoms with Crippen LogP contribution < -0.4 is 0 Å². The van der Waals surface area contributed by atoms with Crippen molar-refractivity contribution in [3.05, 3.63) is 71.4 Å². The van der Waals surface area contributed by atoms with Crippen LogP contribution in [0.25, 0.3) is 34.4 Å². The number of carbonyl (C=O) groups is 2. The maximum atomic E-state index is 12.8. The van der Waals surface area contributed by atoms with E-state index in [0.29, 0.717) is 13.1 Å². The molecule has 46 heavy (non-hydrogen) atoms. The van der Waals surface area contributed by atoms with E-state index in [4.69, 9.17) is 14.5 Å². The highest BCUT2D eigenvalue weighted by Gasteiger charge is 2.36. The van der Waals surface area contributed by atoms with E-state index >= 15 is 0 Å². The van der Waals surface area contributed by atoms with E-state index in [9.17, 15) is 9.59 Å². The third-order valence-electron chi connectivity index (χ3n) is 8.20. The topological polar surface area (TPSA) is 116 Å². The lowest BCUT2D eigenvalue weighted by Gasteiger charge is -2.27. The van der Waals surface area contributed by atoms with Gasteiger partial charge >= 0.3 is 12.2 Å². The number of H-pyrrole nitrogens is 2. The van der Waals surface area contributed by atoms with Crippen LogP contribution in [0, 0.1) is 0 Å². The van der Waals surface area contributed by atoms with Crippen molar-refractivity contribution in [2.45, 2.75) is 90.5 Å². The monoisotopic (exact) mass is 624 g/mol. The number of fused-ring (bicyclic) bond motifs is 1. The quantitative estimate of drug-likeness (QED) is 0.216. The zero-order valence-electron chi connectivity index (χ0n) is 27.6. The Labute approximate surface area is 270 Å². The number of nitrogens with zero attached hydrogens (tertiary/aromatic N) is 4. The van der Waals surface area contributed by atoms with Crippen LogP contribution in [0.5, 0.6) is 0 Å². The van der Waals surface area contributed by atoms with Crippen LogP contribution in [0.2, 0.25) is 0 Å². The van der Waals surface area contributed by atoms with Crippen LogP contribution in [0.4, 0.5) is 9.59 Å². The highest BCUT2D eigenvalue weighted by atomic mass is 16.6. The molecule has 6 rings (SSSR count). The van der Waals surface area contributed by atoms with Crippen molar-refractivity contribution in [3.8, 4) is 11.3 Å². The number of nitrogens with one attached hydrogen (secondary N) is 2. The molecular formula is C36H44N6O4. The number of likely N-dealkylation sites (tertiary alicyclic amines) is 2. The van der Waals surface area contributed by atoms with Gasteiger partial charge in [0.15, 0.2) is 0 Å². The minimum Gasteiger partial charge on any atom is -0.444 e. The zero-order valence-corrected chi connectivity index (χ0v) is 27.6. The number of carbonyl (C=O) groups excluding carboxylic acids is 2. The summed E-state index contributed by atoms with van der Waals surface area (Å²) in [5.74, 6) is 1.58. The fraction of sp³-hybridized carbons (Fsp3) is 0.444. The number of amides is 2. The van der Waals surface area contributed by atoms with E-state index in [1.54, 1.807) is 9.80 Å². The van der Waals surface area contributed by atoms with E-state index in [0.717, 1.165) is 70.7 Å². The summed E-state index contributed by atoms with van der Waals surface area (Å²) in [6.45, 7) is 12.6. The summed E-state index contributed by atoms with van der Waals surface area (Å²) in [5, 5.41) is 0. The number of rotatable bonds is 5. The molecule has 2 aliphatic rings. The maximum Gasteiger partial charge on any atom is 0.410 e. The standard InChI is InChI=1S/C36H44N6O4/c1-35(2,3)45-33(43)41-19-7-9-29(41)31-37-22-28(40-31)25-16-13-23(14-17-25)11-12-24-15-18-26-27(21-24)39-32(38-26)30-10-8-20-42(30)34(44)46-36(4,5)6/h11-18,21-22,29-30H,7-10,19-20H2,1-6H3,(H,37,40)(H,38,39)/t29?,30-/m0/s1. The number of aromatic nitrogens is 4. The van der Waals surface area contributed by atoms with Gasteiger partial charge in [0, 0.05) is 13.1 Å². The molecule has 2 aromatic heterocycles. The fourth-order valence-corrected chi connectivity index (χ4v) is 6.11. The molecule has 2 amide bonds. The number of aromatic amines is 2. The first kappa shape index (κ1) is 31.4. The molecule has 4 heterocycles. The number of hydrogen-bond donors (Lipinski definition) is 2. The lowest BCUT2D eigenvalue weighted by molar-refractivity contribution is 0.0208. The molecule has 1 unspecified atom stereocenters. The van der Waals surface area contributed by atoms with Gasteiger partial charge in [-0.3, -0.25) is 9.80 Å². The average molecular weight is 625 g/mol. The normalized spacial score (nSPS) is 19.0. The SMILES string of the molecule is CC(C)(C)OC(=O)N1CCCC1c1ncc(-c2ccc(C=Cc3ccc4nc([C@@H]5CCCN5C(=O)OC(C)(C)C)[nH]c4c3)cc2)[nH]1. The Morgan fingerprint density at radius 3 is 1.96 bits per heavy atom. The van der Waals surface area contributed by atoms with Gasteiger partial charge in [0.25, 0.3) is 0 Å². The Balaban J connectivity index is 1.11. The van der Waals surface area contributed by atoms with Crippen molar-refractivity contribution in [2.75, 3.05) is 13.1 Å². The van der Waals surface area contributed by atoms with Gasteiger partial charge in [0.05, 0.1) is 35.0 Å². The minimum atomic E-state index is -0.537. The Morgan fingerprint density at radius 1 is 0.783 bits per heavy atom. The van der Waals surface area contributed by atoms with E-state index in [-0.39, 0.29) is 24.3 Å². The van der Waals surface area contributed by atoms with Crippen LogP contribution in [0.1, 0.15) is 102 Å². The largest absolute Gasteiger partial charge is 0.444 e. The van der Waals surface area contributed by atoms with Crippen LogP contribution in [0.15, 0.2) is 48.7 Å². The summed E-state index contributed by atoms with van der Waals surface area (Å²) in [6, 6.07) is 14.2. The van der Waals surface area contributed by atoms with Crippen molar-refractivity contribution >= 4 is 35.4 Å². The summed E-state index contributed by atoms with van der Waals surface area (Å²) in [7, 11) is 0. The van der Waals surface area contributed by atoms with Gasteiger partial charge in [-0.25, -0.2) is 19.6 Å². The summed E-state index contributed by atoms with van der Waals surface area (Å²) in [4.78, 5) is 45.4. The fourth-order valence-electron chi connectivity index (χ4n) is 6.11. The Morgan fingerprint density at radius 2 is 1.35 bits per heavy atom. The lowest BCUT2D eigenvalue weighted by Crippen LogP contribution is -2.36. The first-order valence-electron chi connectivity index (χ1n) is 16.2. The molecule has 2 fully saturated rings. The molecule has 10 heteroatoms. The van der Waals surface area contributed by atoms with Gasteiger partial charge in [-0.2, -0.15) is 0 Å². The second-order valence-corrected chi connectivity index (χ2v) is 14.2. The predicted octanol–water partition coefficient (Wildman–Crippen LogP) is 8.27. The molecule has 2 aromatic carbocycles. The smallest absolute Gasteiger partial charge is 0.410 e. The zero-order chi connectivity index (χ0) is 32.6. The van der Waals surface area contributed by atoms with Crippen molar-refractivity contribution < 1.29 is 19.1 Å². The maximum absolute atomic E-state index is 12.8. The van der Waals surface area contributed by atoms with Crippen molar-refractivity contribution in [3.63, 3.8) is 0 Å². The number of ether oxygens (including phenoxy) is 2. The first-order valence-corrected chi connectivity index (χ1v) is 16.2. The molecule has 4 aromatic rings. The van der Waals surface area contributed by atoms with Crippen molar-refractivity contribution in [1.82, 2.24) is 29.7 Å². The van der Waals surface area contributed by atoms with E-state index in [1.807, 2.05) is 59.9 Å². The molecule has 0 spiro atoms. The highest BCUT2D eigenvalue weighted by molar-refractivity contribution is 5.81. The van der Waals surface area contributed by atoms with Gasteiger partial charge < -0.3 is 19.4 Å². The van der Waals surface area contributed by atoms with Crippen LogP contribution >= 0.6 is 0 Å². The van der Waals surface area contributed by atoms with Crippen LogP contribution in [-0.2, 0) is 9.47 Å². The Bertz CT molecular complexity index is 1740. The molecule has 2 aliphatic heterocycles. The molecule has 2 saturated heterocycles. The number of benzene rings is 2. The highest BCUT2D eigenvalue weighted by Crippen LogP contribution is 2.34. The van der Waals surface area contributed by atoms with Gasteiger partial charge in [-0.1, -0.05) is 42.5 Å². The molecule has 0 radical (unpaired) electrons. The summed E-state index contributed by atoms with van der Waals surface area (Å²) >= 11 is 0. The molecule has 2 atom stereocenters. The third kappa shape index (κ3) is 7.11. The van der Waals surface area contributed by atoms with Crippen LogP contribution in [0.3, 0.4) is 0 Å². The van der Waals surface area contributed by atoms with Crippen molar-refractivity contribution in [2.24, 2.45) is 0 Å². The molecule has 2 N–H and O–H groups in total. The first-order chi connectivity index (χ1) is 21.8. The van der Waals surface area contributed by atoms with E-state index in [1.165, 1.54) is 0 Å². The van der Waals surface area contributed by atoms with Gasteiger partial charge in [0.2, 0.25) is 0 Å². The van der Waals surface area contributed by atoms with E-state index < -0.39 is 11.2 Å². The molecule has 0 aliphatic carbocycles. The van der Waals surface area contributed by atoms with Gasteiger partial charge in [-0.05, 0) is 96.0 Å². The third-order valence-corrected chi connectivity index (χ3v) is 8.20. The van der Waals surface area contributed by atoms with Gasteiger partial charge in [-0.15, -0.1) is 0 Å². The molecule has 0 saturated carbocycles. The van der Waals surface area contributed by atoms with Gasteiger partial charge in [0.1, 0.15) is 22.9 Å². The molecular weight excluding hydrogens is 580 g/mol. The van der Waals surface area contributed by atoms with Crippen molar-refractivity contribution in [1.29, 1.82) is 0 Å². The summed E-state index contributed by atoms with van der Waals surface area (Å²) in [5.41, 5.74) is 4.79. The number of imidazole rings is 2. The summed E-state index contributed by atoms with van der Waals surface area (Å²) < 4.78 is 11.3. The van der Waals surface area contributed by atoms with Crippen LogP contribution in [-0.4, -0.2) is 66.2 Å². The second kappa shape index (κ2) is 12.3. The molecule has 10 nitrogen and oxygen atoms in total. The lowest BCUT2D eigenvalue weighted by atomic mass is 10.1. The second-order valence-electron chi connectivity index (χ2n) is 14.2. The average Bonchev–Trinajstić information content (AvgIpc) is 3.79. The minimum absolute atomic E-state index is 0.115. The molecule has 242 valence electrons. The predicted molar refractivity (Wildman–Crippen MR) is 179 cm³/mol.